The lowest BCUT2D eigenvalue weighted by Gasteiger charge is -2.37. The molecule has 3 nitrogen and oxygen atoms in total. The summed E-state index contributed by atoms with van der Waals surface area (Å²) >= 11 is 0. The fourth-order valence-corrected chi connectivity index (χ4v) is 2.48. The number of ether oxygens (including phenoxy) is 1. The Bertz CT molecular complexity index is 187. The minimum absolute atomic E-state index is 0.450. The second-order valence-corrected chi connectivity index (χ2v) is 4.94. The summed E-state index contributed by atoms with van der Waals surface area (Å²) in [5.74, 6) is 0. The van der Waals surface area contributed by atoms with Crippen molar-refractivity contribution in [3.05, 3.63) is 0 Å². The van der Waals surface area contributed by atoms with Crippen LogP contribution in [0.25, 0.3) is 0 Å². The van der Waals surface area contributed by atoms with E-state index in [2.05, 4.69) is 37.9 Å². The molecule has 0 aromatic heterocycles. The maximum absolute atomic E-state index is 5.70. The predicted octanol–water partition coefficient (Wildman–Crippen LogP) is 1.87. The van der Waals surface area contributed by atoms with E-state index in [-0.39, 0.29) is 0 Å². The number of hydrogen-bond acceptors (Lipinski definition) is 3. The molecule has 0 amide bonds. The lowest BCUT2D eigenvalue weighted by atomic mass is 10.1. The first kappa shape index (κ1) is 13.9. The molecule has 3 atom stereocenters. The molecule has 0 saturated carbocycles. The van der Waals surface area contributed by atoms with Crippen molar-refractivity contribution >= 4 is 0 Å². The van der Waals surface area contributed by atoms with Crippen molar-refractivity contribution in [2.24, 2.45) is 0 Å². The third kappa shape index (κ3) is 4.40. The van der Waals surface area contributed by atoms with Crippen LogP contribution >= 0.6 is 0 Å². The van der Waals surface area contributed by atoms with Crippen LogP contribution in [0.4, 0.5) is 0 Å². The van der Waals surface area contributed by atoms with Crippen molar-refractivity contribution in [3.8, 4) is 0 Å². The normalized spacial score (nSPS) is 26.6. The van der Waals surface area contributed by atoms with Crippen LogP contribution in [-0.2, 0) is 4.74 Å². The van der Waals surface area contributed by atoms with Gasteiger partial charge in [-0.2, -0.15) is 0 Å². The smallest absolute Gasteiger partial charge is 0.0700 e. The highest BCUT2D eigenvalue weighted by Crippen LogP contribution is 2.14. The van der Waals surface area contributed by atoms with Crippen LogP contribution in [0.3, 0.4) is 0 Å². The van der Waals surface area contributed by atoms with Gasteiger partial charge in [-0.15, -0.1) is 0 Å². The highest BCUT2D eigenvalue weighted by atomic mass is 16.5. The molecule has 0 spiro atoms. The Balaban J connectivity index is 2.32. The Morgan fingerprint density at radius 2 is 2.12 bits per heavy atom. The molecule has 0 aromatic rings. The maximum atomic E-state index is 5.70. The molecule has 1 aliphatic heterocycles. The maximum Gasteiger partial charge on any atom is 0.0700 e. The summed E-state index contributed by atoms with van der Waals surface area (Å²) in [7, 11) is 0. The highest BCUT2D eigenvalue weighted by molar-refractivity contribution is 4.78. The number of morpholine rings is 1. The van der Waals surface area contributed by atoms with Crippen LogP contribution in [0.5, 0.6) is 0 Å². The first-order valence-corrected chi connectivity index (χ1v) is 6.76. The highest BCUT2D eigenvalue weighted by Gasteiger charge is 2.23. The number of rotatable bonds is 6. The van der Waals surface area contributed by atoms with Crippen LogP contribution in [0.1, 0.15) is 40.5 Å². The first-order chi connectivity index (χ1) is 7.67. The minimum Gasteiger partial charge on any atom is -0.376 e. The number of nitrogens with one attached hydrogen (secondary N) is 1. The molecule has 1 rings (SSSR count). The van der Waals surface area contributed by atoms with E-state index in [1.807, 2.05) is 0 Å². The van der Waals surface area contributed by atoms with E-state index in [0.29, 0.717) is 18.2 Å². The van der Waals surface area contributed by atoms with Crippen molar-refractivity contribution in [1.29, 1.82) is 0 Å². The van der Waals surface area contributed by atoms with E-state index in [9.17, 15) is 0 Å². The fourth-order valence-electron chi connectivity index (χ4n) is 2.48. The van der Waals surface area contributed by atoms with Crippen LogP contribution < -0.4 is 5.32 Å². The summed E-state index contributed by atoms with van der Waals surface area (Å²) in [6, 6.07) is 1.27. The van der Waals surface area contributed by atoms with E-state index >= 15 is 0 Å². The molecule has 3 unspecified atom stereocenters. The van der Waals surface area contributed by atoms with Gasteiger partial charge in [0.05, 0.1) is 12.7 Å². The summed E-state index contributed by atoms with van der Waals surface area (Å²) in [6.45, 7) is 13.2. The van der Waals surface area contributed by atoms with E-state index < -0.39 is 0 Å². The zero-order chi connectivity index (χ0) is 12.0. The molecule has 0 bridgehead atoms. The molecule has 1 N–H and O–H groups in total. The molecule has 0 radical (unpaired) electrons. The van der Waals surface area contributed by atoms with Gasteiger partial charge in [0.2, 0.25) is 0 Å². The monoisotopic (exact) mass is 228 g/mol. The molecule has 1 saturated heterocycles. The van der Waals surface area contributed by atoms with Gasteiger partial charge < -0.3 is 10.1 Å². The van der Waals surface area contributed by atoms with E-state index in [0.717, 1.165) is 32.7 Å². The van der Waals surface area contributed by atoms with E-state index in [4.69, 9.17) is 4.74 Å². The summed E-state index contributed by atoms with van der Waals surface area (Å²) < 4.78 is 5.70. The van der Waals surface area contributed by atoms with Gasteiger partial charge in [-0.3, -0.25) is 4.90 Å². The molecule has 1 aliphatic rings. The summed E-state index contributed by atoms with van der Waals surface area (Å²) in [5, 5.41) is 3.48. The van der Waals surface area contributed by atoms with Gasteiger partial charge in [0.1, 0.15) is 0 Å². The van der Waals surface area contributed by atoms with Gasteiger partial charge in [-0.25, -0.2) is 0 Å². The summed E-state index contributed by atoms with van der Waals surface area (Å²) in [6.07, 6.45) is 2.81. The van der Waals surface area contributed by atoms with Crippen molar-refractivity contribution in [2.75, 3.05) is 26.2 Å². The topological polar surface area (TPSA) is 24.5 Å². The van der Waals surface area contributed by atoms with Crippen LogP contribution in [0.2, 0.25) is 0 Å². The third-order valence-corrected chi connectivity index (χ3v) is 3.50. The van der Waals surface area contributed by atoms with Gasteiger partial charge in [0, 0.05) is 25.2 Å². The molecule has 16 heavy (non-hydrogen) atoms. The lowest BCUT2D eigenvalue weighted by Crippen LogP contribution is -2.48. The predicted molar refractivity (Wildman–Crippen MR) is 68.8 cm³/mol. The Morgan fingerprint density at radius 3 is 2.75 bits per heavy atom. The lowest BCUT2D eigenvalue weighted by molar-refractivity contribution is -0.0438. The summed E-state index contributed by atoms with van der Waals surface area (Å²) in [4.78, 5) is 2.57. The molecule has 3 heteroatoms. The second-order valence-electron chi connectivity index (χ2n) is 4.94. The zero-order valence-electron chi connectivity index (χ0n) is 11.3. The minimum atomic E-state index is 0.450. The van der Waals surface area contributed by atoms with Crippen LogP contribution in [-0.4, -0.2) is 49.3 Å². The van der Waals surface area contributed by atoms with Crippen LogP contribution in [0.15, 0.2) is 0 Å². The Morgan fingerprint density at radius 1 is 1.38 bits per heavy atom. The molecule has 1 fully saturated rings. The third-order valence-electron chi connectivity index (χ3n) is 3.50. The quantitative estimate of drug-likeness (QED) is 0.751. The standard InChI is InChI=1S/C13H28N2O/c1-5-13-10-15(7-8-16-13)12(4)9-11(3)14-6-2/h11-14H,5-10H2,1-4H3. The fraction of sp³-hybridized carbons (Fsp3) is 1.00. The Kier molecular flexibility index (Phi) is 6.32. The van der Waals surface area contributed by atoms with Crippen LogP contribution in [0, 0.1) is 0 Å². The molecule has 96 valence electrons. The second kappa shape index (κ2) is 7.25. The van der Waals surface area contributed by atoms with Gasteiger partial charge >= 0.3 is 0 Å². The molecular weight excluding hydrogens is 200 g/mol. The van der Waals surface area contributed by atoms with E-state index in [1.54, 1.807) is 0 Å². The van der Waals surface area contributed by atoms with Crippen molar-refractivity contribution < 1.29 is 4.74 Å². The van der Waals surface area contributed by atoms with Gasteiger partial charge in [-0.05, 0) is 33.2 Å². The van der Waals surface area contributed by atoms with Gasteiger partial charge in [-0.1, -0.05) is 13.8 Å². The van der Waals surface area contributed by atoms with Crippen molar-refractivity contribution in [1.82, 2.24) is 10.2 Å². The molecule has 0 aliphatic carbocycles. The Labute approximate surface area is 101 Å². The average molecular weight is 228 g/mol. The molecule has 1 heterocycles. The van der Waals surface area contributed by atoms with Gasteiger partial charge in [0.15, 0.2) is 0 Å². The van der Waals surface area contributed by atoms with Gasteiger partial charge in [0.25, 0.3) is 0 Å². The number of nitrogens with zero attached hydrogens (tertiary/aromatic N) is 1. The zero-order valence-corrected chi connectivity index (χ0v) is 11.3. The average Bonchev–Trinajstić information content (AvgIpc) is 2.29. The largest absolute Gasteiger partial charge is 0.376 e. The summed E-state index contributed by atoms with van der Waals surface area (Å²) in [5.41, 5.74) is 0. The SMILES string of the molecule is CCNC(C)CC(C)N1CCOC(CC)C1. The van der Waals surface area contributed by atoms with Crippen molar-refractivity contribution in [2.45, 2.75) is 58.7 Å². The Hall–Kier alpha value is -0.120. The first-order valence-electron chi connectivity index (χ1n) is 6.76. The molecular formula is C13H28N2O. The van der Waals surface area contributed by atoms with Crippen molar-refractivity contribution in [3.63, 3.8) is 0 Å². The number of hydrogen-bond donors (Lipinski definition) is 1. The van der Waals surface area contributed by atoms with E-state index in [1.165, 1.54) is 6.42 Å². The molecule has 0 aromatic carbocycles.